The first-order valence-corrected chi connectivity index (χ1v) is 27.0. The summed E-state index contributed by atoms with van der Waals surface area (Å²) in [6.45, 7) is 14.6. The predicted molar refractivity (Wildman–Crippen MR) is 279 cm³/mol. The van der Waals surface area contributed by atoms with Crippen molar-refractivity contribution in [3.8, 4) is 24.3 Å². The zero-order valence-electron chi connectivity index (χ0n) is 40.3. The Balaban J connectivity index is 0.000000831. The van der Waals surface area contributed by atoms with E-state index < -0.39 is 17.9 Å². The Morgan fingerprint density at radius 2 is 0.985 bits per heavy atom. The van der Waals surface area contributed by atoms with E-state index in [0.717, 1.165) is 118 Å². The number of nitrogens with zero attached hydrogens (tertiary/aromatic N) is 4. The van der Waals surface area contributed by atoms with Crippen LogP contribution in [0.5, 0.6) is 0 Å². The molecule has 0 amide bonds. The van der Waals surface area contributed by atoms with Crippen LogP contribution in [0.25, 0.3) is 0 Å². The van der Waals surface area contributed by atoms with Crippen LogP contribution in [0.15, 0.2) is 74.9 Å². The molecule has 66 heavy (non-hydrogen) atoms. The largest absolute Gasteiger partial charge is 0.481 e. The summed E-state index contributed by atoms with van der Waals surface area (Å²) in [7, 11) is 0. The second-order valence-electron chi connectivity index (χ2n) is 18.4. The van der Waals surface area contributed by atoms with E-state index in [1.165, 1.54) is 70.6 Å². The molecule has 2 fully saturated rings. The number of rotatable bonds is 31. The number of halogens is 2. The van der Waals surface area contributed by atoms with Crippen LogP contribution in [0.1, 0.15) is 173 Å². The zero-order chi connectivity index (χ0) is 49.2. The number of nitriles is 4. The predicted octanol–water partition coefficient (Wildman–Crippen LogP) is 16.3. The minimum atomic E-state index is -1.02. The first-order chi connectivity index (χ1) is 32.0. The van der Waals surface area contributed by atoms with E-state index in [9.17, 15) is 9.59 Å². The number of carbonyl (C=O) groups is 2. The Morgan fingerprint density at radius 3 is 1.30 bits per heavy atom. The van der Waals surface area contributed by atoms with Gasteiger partial charge in [-0.15, -0.1) is 26.3 Å². The number of hydrogen-bond donors (Lipinski definition) is 2. The molecule has 0 aliphatic heterocycles. The molecule has 366 valence electrons. The third-order valence-electron chi connectivity index (χ3n) is 13.0. The van der Waals surface area contributed by atoms with Gasteiger partial charge in [0.2, 0.25) is 0 Å². The van der Waals surface area contributed by atoms with Crippen LogP contribution >= 0.6 is 31.9 Å². The van der Waals surface area contributed by atoms with Crippen LogP contribution < -0.4 is 0 Å². The van der Waals surface area contributed by atoms with Gasteiger partial charge >= 0.3 is 11.9 Å². The first-order valence-electron chi connectivity index (χ1n) is 24.9. The van der Waals surface area contributed by atoms with E-state index in [1.807, 2.05) is 30.4 Å². The van der Waals surface area contributed by atoms with Gasteiger partial charge in [-0.25, -0.2) is 0 Å². The number of carboxylic acid groups (broad SMARTS) is 2. The Hall–Kier alpha value is -3.70. The van der Waals surface area contributed by atoms with Crippen molar-refractivity contribution >= 4 is 43.8 Å². The fourth-order valence-electron chi connectivity index (χ4n) is 9.20. The van der Waals surface area contributed by atoms with Gasteiger partial charge in [0.15, 0.2) is 0 Å². The quantitative estimate of drug-likeness (QED) is 0.0393. The van der Waals surface area contributed by atoms with Gasteiger partial charge in [0.25, 0.3) is 0 Å². The van der Waals surface area contributed by atoms with Crippen molar-refractivity contribution in [1.29, 1.82) is 21.0 Å². The second kappa shape index (κ2) is 42.6. The highest BCUT2D eigenvalue weighted by Gasteiger charge is 2.35. The molecule has 10 atom stereocenters. The minimum Gasteiger partial charge on any atom is -0.481 e. The van der Waals surface area contributed by atoms with Crippen molar-refractivity contribution in [1.82, 2.24) is 0 Å². The molecule has 0 heterocycles. The highest BCUT2D eigenvalue weighted by atomic mass is 79.9. The number of aliphatic carboxylic acids is 2. The van der Waals surface area contributed by atoms with Crippen molar-refractivity contribution < 1.29 is 19.8 Å². The Bertz CT molecular complexity index is 1570. The lowest BCUT2D eigenvalue weighted by Gasteiger charge is -2.18. The molecule has 0 aromatic heterocycles. The van der Waals surface area contributed by atoms with Crippen molar-refractivity contribution in [3.05, 3.63) is 74.9 Å². The third-order valence-corrected chi connectivity index (χ3v) is 15.5. The monoisotopic (exact) mass is 1030 g/mol. The molecule has 0 aromatic carbocycles. The summed E-state index contributed by atoms with van der Waals surface area (Å²) in [6, 6.07) is 8.46. The molecular formula is C56H84Br2N4O4. The molecule has 8 nitrogen and oxygen atoms in total. The normalized spacial score (nSPS) is 21.5. The molecule has 10 heteroatoms. The topological polar surface area (TPSA) is 170 Å². The summed E-state index contributed by atoms with van der Waals surface area (Å²) in [5.41, 5.74) is 0. The van der Waals surface area contributed by atoms with Crippen LogP contribution in [-0.2, 0) is 9.59 Å². The van der Waals surface area contributed by atoms with Gasteiger partial charge in [0.1, 0.15) is 0 Å². The lowest BCUT2D eigenvalue weighted by molar-refractivity contribution is -0.148. The molecule has 4 aliphatic carbocycles. The molecular weight excluding hydrogens is 952 g/mol. The first kappa shape index (κ1) is 62.3. The molecule has 0 radical (unpaired) electrons. The second-order valence-corrected chi connectivity index (χ2v) is 20.4. The number of alkyl halides is 2. The standard InChI is InChI=1S/C15H20N2.C15H22O4.C10H14N2.C8H14Br2.C8H14/c16-8-7-12(11-17)3-1-2-4-14-9-13-5-6-15(14)10-13;16-14(17)9-13(15(18)19)4-2-1-3-11-7-10-5-6-12(11)8-10;1-2-3-4-5-6-10(9-12)7-8-11;1-2-3-4-5-6-8(10)7-9;1-3-5-7-8-6-4-2/h5-6,12-15H,1-4,7,9-10H2;5-6,10-13H,1-4,7-9H2,(H,16,17)(H,18,19);2,10H,1,3-7H2;2,8H,1,3-7H2;3-4H,1-2,5-8H2. The van der Waals surface area contributed by atoms with E-state index in [1.54, 1.807) is 0 Å². The summed E-state index contributed by atoms with van der Waals surface area (Å²) in [6.07, 6.45) is 44.9. The van der Waals surface area contributed by atoms with Crippen molar-refractivity contribution in [2.24, 2.45) is 53.3 Å². The number of hydrogen-bond acceptors (Lipinski definition) is 6. The van der Waals surface area contributed by atoms with Crippen LogP contribution in [0, 0.1) is 98.6 Å². The van der Waals surface area contributed by atoms with Gasteiger partial charge < -0.3 is 10.2 Å². The molecule has 2 N–H and O–H groups in total. The molecule has 10 unspecified atom stereocenters. The molecule has 4 aliphatic rings. The fourth-order valence-corrected chi connectivity index (χ4v) is 9.85. The number of unbranched alkanes of at least 4 members (excludes halogenated alkanes) is 9. The smallest absolute Gasteiger partial charge is 0.307 e. The Labute approximate surface area is 418 Å². The number of allylic oxidation sites excluding steroid dienone is 8. The average molecular weight is 1040 g/mol. The van der Waals surface area contributed by atoms with Gasteiger partial charge in [0.05, 0.1) is 61.3 Å². The SMILES string of the molecule is C=CCCCCC(Br)CBr.C=CCCCCC(C#N)CC#N.C=CCCCCC=C.N#CCC(C#N)CCCCC1CC2C=CC1C2.O=C(O)CC(CCCCC1CC2C=CC1C2)C(=O)O. The van der Waals surface area contributed by atoms with Crippen molar-refractivity contribution in [2.75, 3.05) is 5.33 Å². The van der Waals surface area contributed by atoms with Crippen LogP contribution in [-0.4, -0.2) is 32.3 Å². The van der Waals surface area contributed by atoms with Gasteiger partial charge in [-0.3, -0.25) is 9.59 Å². The van der Waals surface area contributed by atoms with E-state index in [-0.39, 0.29) is 18.3 Å². The highest BCUT2D eigenvalue weighted by Crippen LogP contribution is 2.46. The summed E-state index contributed by atoms with van der Waals surface area (Å²) in [5.74, 6) is 2.10. The molecule has 4 bridgehead atoms. The van der Waals surface area contributed by atoms with Crippen LogP contribution in [0.2, 0.25) is 0 Å². The van der Waals surface area contributed by atoms with E-state index >= 15 is 0 Å². The number of carboxylic acids is 2. The summed E-state index contributed by atoms with van der Waals surface area (Å²) in [5, 5.41) is 53.0. The fraction of sp³-hybridized carbons (Fsp3) is 0.679. The maximum atomic E-state index is 10.9. The van der Waals surface area contributed by atoms with Crippen LogP contribution in [0.3, 0.4) is 0 Å². The Morgan fingerprint density at radius 1 is 0.591 bits per heavy atom. The van der Waals surface area contributed by atoms with E-state index in [2.05, 4.69) is 101 Å². The molecule has 0 saturated heterocycles. The van der Waals surface area contributed by atoms with Gasteiger partial charge in [-0.1, -0.05) is 119 Å². The molecule has 2 saturated carbocycles. The lowest BCUT2D eigenvalue weighted by atomic mass is 9.88. The summed E-state index contributed by atoms with van der Waals surface area (Å²) in [4.78, 5) is 22.1. The number of fused-ring (bicyclic) bond motifs is 4. The van der Waals surface area contributed by atoms with Crippen LogP contribution in [0.4, 0.5) is 0 Å². The minimum absolute atomic E-state index is 0.0417. The molecule has 4 rings (SSSR count). The van der Waals surface area contributed by atoms with Gasteiger partial charge in [0, 0.05) is 10.2 Å². The van der Waals surface area contributed by atoms with E-state index in [4.69, 9.17) is 31.3 Å². The average Bonchev–Trinajstić information content (AvgIpc) is 4.15. The van der Waals surface area contributed by atoms with Gasteiger partial charge in [-0.05, 0) is 151 Å². The Kier molecular flexibility index (Phi) is 40.2. The van der Waals surface area contributed by atoms with Gasteiger partial charge in [-0.2, -0.15) is 21.0 Å². The van der Waals surface area contributed by atoms with E-state index in [0.29, 0.717) is 24.1 Å². The van der Waals surface area contributed by atoms with Crippen molar-refractivity contribution in [3.63, 3.8) is 0 Å². The third kappa shape index (κ3) is 32.1. The van der Waals surface area contributed by atoms with Crippen molar-refractivity contribution in [2.45, 2.75) is 178 Å². The summed E-state index contributed by atoms with van der Waals surface area (Å²) < 4.78 is 0. The maximum Gasteiger partial charge on any atom is 0.307 e. The summed E-state index contributed by atoms with van der Waals surface area (Å²) >= 11 is 6.97. The molecule has 0 aromatic rings. The molecule has 0 spiro atoms. The highest BCUT2D eigenvalue weighted by molar-refractivity contribution is 9.12. The lowest BCUT2D eigenvalue weighted by Crippen LogP contribution is -2.17. The maximum absolute atomic E-state index is 10.9. The zero-order valence-corrected chi connectivity index (χ0v) is 43.4.